The molecule has 17 heteroatoms. The van der Waals surface area contributed by atoms with Gasteiger partial charge in [-0.2, -0.15) is 0 Å². The Balaban J connectivity index is 0.000000281. The molecule has 2 amide bonds. The first kappa shape index (κ1) is 43.7. The quantitative estimate of drug-likeness (QED) is 0.0356. The molecule has 4 fully saturated rings. The van der Waals surface area contributed by atoms with Crippen LogP contribution in [0.3, 0.4) is 0 Å². The Morgan fingerprint density at radius 1 is 0.745 bits per heavy atom. The lowest BCUT2D eigenvalue weighted by molar-refractivity contribution is -0.169. The third-order valence-corrected chi connectivity index (χ3v) is 12.2. The van der Waals surface area contributed by atoms with Crippen LogP contribution >= 0.6 is 24.5 Å². The average Bonchev–Trinajstić information content (AvgIpc) is 3.80. The van der Waals surface area contributed by atoms with Gasteiger partial charge in [-0.1, -0.05) is 27.7 Å². The van der Waals surface area contributed by atoms with Gasteiger partial charge in [-0.3, -0.25) is 28.7 Å². The molecule has 0 aromatic carbocycles. The van der Waals surface area contributed by atoms with E-state index in [1.165, 1.54) is 14.2 Å². The smallest absolute Gasteiger partial charge is 0.312 e. The largest absolute Gasteiger partial charge is 0.460 e. The Hall–Kier alpha value is -1.70. The Morgan fingerprint density at radius 2 is 1.24 bits per heavy atom. The molecule has 0 heterocycles. The Labute approximate surface area is 311 Å². The van der Waals surface area contributed by atoms with Crippen molar-refractivity contribution in [3.8, 4) is 0 Å². The summed E-state index contributed by atoms with van der Waals surface area (Å²) in [6, 6.07) is -0.228. The highest BCUT2D eigenvalue weighted by molar-refractivity contribution is 7.93. The molecule has 0 spiro atoms. The summed E-state index contributed by atoms with van der Waals surface area (Å²) in [5.41, 5.74) is -0.566. The summed E-state index contributed by atoms with van der Waals surface area (Å²) in [4.78, 5) is 67.5. The van der Waals surface area contributed by atoms with Crippen molar-refractivity contribution in [3.63, 3.8) is 0 Å². The van der Waals surface area contributed by atoms with Crippen molar-refractivity contribution < 1.29 is 56.7 Å². The van der Waals surface area contributed by atoms with E-state index in [9.17, 15) is 19.2 Å². The molecule has 13 atom stereocenters. The zero-order valence-corrected chi connectivity index (χ0v) is 33.4. The molecule has 15 nitrogen and oxygen atoms in total. The van der Waals surface area contributed by atoms with Crippen molar-refractivity contribution >= 4 is 48.2 Å². The maximum atomic E-state index is 13.1. The van der Waals surface area contributed by atoms with E-state index in [1.54, 1.807) is 0 Å². The third kappa shape index (κ3) is 11.2. The van der Waals surface area contributed by atoms with Crippen LogP contribution in [0, 0.1) is 71.0 Å². The van der Waals surface area contributed by atoms with Crippen molar-refractivity contribution in [2.45, 2.75) is 86.8 Å². The van der Waals surface area contributed by atoms with Crippen molar-refractivity contribution in [3.05, 3.63) is 0 Å². The predicted octanol–water partition coefficient (Wildman–Crippen LogP) is 4.58. The number of hydrogen-bond donors (Lipinski definition) is 3. The highest BCUT2D eigenvalue weighted by Gasteiger charge is 2.61. The number of carbonyl (C=O) groups excluding carboxylic acids is 4. The van der Waals surface area contributed by atoms with Gasteiger partial charge in [0.2, 0.25) is 11.8 Å². The van der Waals surface area contributed by atoms with Gasteiger partial charge in [-0.25, -0.2) is 9.78 Å². The number of hydrogen-bond acceptors (Lipinski definition) is 15. The van der Waals surface area contributed by atoms with Crippen molar-refractivity contribution in [2.75, 3.05) is 34.2 Å². The number of esters is 2. The highest BCUT2D eigenvalue weighted by atomic mass is 32.2. The first-order valence-electron chi connectivity index (χ1n) is 17.8. The second-order valence-electron chi connectivity index (χ2n) is 15.2. The molecule has 4 bridgehead atoms. The molecule has 51 heavy (non-hydrogen) atoms. The maximum Gasteiger partial charge on any atom is 0.312 e. The van der Waals surface area contributed by atoms with Gasteiger partial charge in [-0.05, 0) is 94.8 Å². The van der Waals surface area contributed by atoms with Gasteiger partial charge < -0.3 is 19.5 Å². The second kappa shape index (κ2) is 20.1. The van der Waals surface area contributed by atoms with Crippen LogP contribution in [0.1, 0.15) is 75.2 Å². The fourth-order valence-electron chi connectivity index (χ4n) is 8.79. The lowest BCUT2D eigenvalue weighted by Gasteiger charge is -2.37. The molecule has 4 aliphatic rings. The molecule has 0 aromatic heterocycles. The normalized spacial score (nSPS) is 34.0. The van der Waals surface area contributed by atoms with Crippen LogP contribution in [0.25, 0.3) is 0 Å². The number of nitrogens with one attached hydrogen (secondary N) is 3. The monoisotopic (exact) mass is 765 g/mol. The SMILES string of the molecule is CCOCOC(=O)C1C2CC(C(C)C2C)C1C(=O)NSOOC.COOSNOCC(C)NC(=O)C1C2CC(C(C)C2C)C1C(=O)OC(C)(C)C. The van der Waals surface area contributed by atoms with Gasteiger partial charge in [0.05, 0.1) is 50.5 Å². The fraction of sp³-hybridized carbons (Fsp3) is 0.882. The third-order valence-electron chi connectivity index (χ3n) is 11.3. The molecule has 4 rings (SSSR count). The van der Waals surface area contributed by atoms with Gasteiger partial charge >= 0.3 is 11.9 Å². The predicted molar refractivity (Wildman–Crippen MR) is 188 cm³/mol. The summed E-state index contributed by atoms with van der Waals surface area (Å²) < 4.78 is 27.7. The zero-order chi connectivity index (χ0) is 38.0. The molecule has 4 aliphatic carbocycles. The maximum absolute atomic E-state index is 13.1. The molecule has 0 saturated heterocycles. The number of fused-ring (bicyclic) bond motifs is 4. The molecular formula is C34H59N3O12S2. The van der Waals surface area contributed by atoms with Gasteiger partial charge in [0.15, 0.2) is 19.0 Å². The minimum absolute atomic E-state index is 0.0664. The summed E-state index contributed by atoms with van der Waals surface area (Å²) in [7, 11) is 2.74. The average molecular weight is 766 g/mol. The molecule has 0 aromatic rings. The summed E-state index contributed by atoms with van der Waals surface area (Å²) in [6.45, 7) is 18.6. The summed E-state index contributed by atoms with van der Waals surface area (Å²) in [5, 5.41) is 2.99. The van der Waals surface area contributed by atoms with Crippen molar-refractivity contribution in [1.29, 1.82) is 0 Å². The van der Waals surface area contributed by atoms with E-state index in [-0.39, 0.29) is 78.7 Å². The Morgan fingerprint density at radius 3 is 1.75 bits per heavy atom. The first-order chi connectivity index (χ1) is 24.1. The van der Waals surface area contributed by atoms with E-state index in [0.717, 1.165) is 25.1 Å². The topological polar surface area (TPSA) is 178 Å². The molecule has 3 N–H and O–H groups in total. The van der Waals surface area contributed by atoms with Gasteiger partial charge in [0, 0.05) is 6.61 Å². The van der Waals surface area contributed by atoms with Crippen LogP contribution in [0.2, 0.25) is 0 Å². The van der Waals surface area contributed by atoms with E-state index in [4.69, 9.17) is 19.0 Å². The van der Waals surface area contributed by atoms with Gasteiger partial charge in [0.1, 0.15) is 17.8 Å². The minimum atomic E-state index is -0.566. The molecule has 0 aliphatic heterocycles. The van der Waals surface area contributed by atoms with Gasteiger partial charge in [-0.15, -0.1) is 13.6 Å². The van der Waals surface area contributed by atoms with Crippen LogP contribution in [0.15, 0.2) is 0 Å². The van der Waals surface area contributed by atoms with Crippen LogP contribution in [0.4, 0.5) is 0 Å². The van der Waals surface area contributed by atoms with E-state index in [1.807, 2.05) is 34.6 Å². The number of rotatable bonds is 17. The van der Waals surface area contributed by atoms with E-state index < -0.39 is 17.4 Å². The first-order valence-corrected chi connectivity index (χ1v) is 19.2. The molecule has 13 unspecified atom stereocenters. The standard InChI is InChI=1S/C19H34N2O6S.C15H25NO6S/c1-10(9-25-21-28-27-24-7)20-17(22)15-13-8-14(12(3)11(13)2)16(15)18(23)26-19(4,5)6;1-5-20-7-21-15(18)13-11-6-10(8(2)9(11)3)12(13)14(17)16-23-22-19-4/h10-16,21H,8-9H2,1-7H3,(H,20,22);8-13H,5-7H2,1-4H3,(H,16,17). The van der Waals surface area contributed by atoms with Crippen molar-refractivity contribution in [1.82, 2.24) is 14.9 Å². The minimum Gasteiger partial charge on any atom is -0.460 e. The van der Waals surface area contributed by atoms with Crippen LogP contribution in [-0.4, -0.2) is 69.6 Å². The molecule has 294 valence electrons. The van der Waals surface area contributed by atoms with Crippen LogP contribution in [0.5, 0.6) is 0 Å². The van der Waals surface area contributed by atoms with E-state index in [2.05, 4.69) is 61.1 Å². The number of amides is 2. The number of carbonyl (C=O) groups is 4. The molecule has 0 radical (unpaired) electrons. The molecular weight excluding hydrogens is 707 g/mol. The Bertz CT molecular complexity index is 1120. The van der Waals surface area contributed by atoms with Crippen molar-refractivity contribution in [2.24, 2.45) is 71.0 Å². The fourth-order valence-corrected chi connectivity index (χ4v) is 9.32. The number of ether oxygens (including phenoxy) is 3. The van der Waals surface area contributed by atoms with Crippen LogP contribution < -0.4 is 14.9 Å². The highest BCUT2D eigenvalue weighted by Crippen LogP contribution is 2.59. The summed E-state index contributed by atoms with van der Waals surface area (Å²) in [6.07, 6.45) is 1.78. The van der Waals surface area contributed by atoms with Gasteiger partial charge in [0.25, 0.3) is 0 Å². The van der Waals surface area contributed by atoms with E-state index in [0.29, 0.717) is 42.5 Å². The zero-order valence-electron chi connectivity index (χ0n) is 31.8. The second-order valence-corrected chi connectivity index (χ2v) is 16.2. The summed E-state index contributed by atoms with van der Waals surface area (Å²) >= 11 is 1.51. The van der Waals surface area contributed by atoms with Crippen LogP contribution in [-0.2, 0) is 56.7 Å². The Kier molecular flexibility index (Phi) is 17.2. The lowest BCUT2D eigenvalue weighted by Crippen LogP contribution is -2.49. The van der Waals surface area contributed by atoms with E-state index >= 15 is 0 Å². The lowest BCUT2D eigenvalue weighted by atomic mass is 9.69. The molecule has 4 saturated carbocycles. The summed E-state index contributed by atoms with van der Waals surface area (Å²) in [5.74, 6) is -0.0770.